The molecule has 4 rings (SSSR count). The standard InChI is InChI=1S/C27H34N6O3/c1-5-7-17-27(16-6-2)32(3)23(18-34)24(26(35)36-4)33(27)20-14-12-19(13-15-20)21-10-8-9-11-22(21)25-28-30-31-29-25/h8-15,34H,5-7,16-18H2,1-4H3,(H,28,29,30,31). The van der Waals surface area contributed by atoms with Gasteiger partial charge in [-0.3, -0.25) is 0 Å². The molecule has 1 atom stereocenters. The Kier molecular flexibility index (Phi) is 7.69. The van der Waals surface area contributed by atoms with Crippen LogP contribution >= 0.6 is 0 Å². The van der Waals surface area contributed by atoms with E-state index in [2.05, 4.69) is 44.3 Å². The van der Waals surface area contributed by atoms with Gasteiger partial charge in [0.15, 0.2) is 5.70 Å². The van der Waals surface area contributed by atoms with Crippen LogP contribution in [0.3, 0.4) is 0 Å². The molecule has 0 saturated heterocycles. The molecule has 3 aromatic rings. The van der Waals surface area contributed by atoms with Crippen molar-refractivity contribution in [1.29, 1.82) is 0 Å². The van der Waals surface area contributed by atoms with Gasteiger partial charge in [0, 0.05) is 18.3 Å². The van der Waals surface area contributed by atoms with Crippen molar-refractivity contribution in [2.24, 2.45) is 0 Å². The SMILES string of the molecule is CCCCC1(CCC)N(C)C(CO)=C(C(=O)OC)N1c1ccc(-c2ccccc2-c2nn[nH]n2)cc1. The summed E-state index contributed by atoms with van der Waals surface area (Å²) in [6, 6.07) is 16.0. The summed E-state index contributed by atoms with van der Waals surface area (Å²) in [4.78, 5) is 17.2. The Bertz CT molecular complexity index is 1210. The number of tetrazole rings is 1. The zero-order valence-corrected chi connectivity index (χ0v) is 21.4. The molecular weight excluding hydrogens is 456 g/mol. The van der Waals surface area contributed by atoms with E-state index in [-0.39, 0.29) is 6.61 Å². The second kappa shape index (κ2) is 10.9. The molecule has 9 heteroatoms. The van der Waals surface area contributed by atoms with Crippen LogP contribution in [0.5, 0.6) is 0 Å². The van der Waals surface area contributed by atoms with Crippen LogP contribution in [-0.4, -0.2) is 63.0 Å². The lowest BCUT2D eigenvalue weighted by Gasteiger charge is -2.46. The normalized spacial score (nSPS) is 17.7. The van der Waals surface area contributed by atoms with Crippen LogP contribution in [0.25, 0.3) is 22.5 Å². The van der Waals surface area contributed by atoms with Crippen LogP contribution in [-0.2, 0) is 9.53 Å². The van der Waals surface area contributed by atoms with E-state index in [1.807, 2.05) is 55.6 Å². The Labute approximate surface area is 211 Å². The number of hydrogen-bond acceptors (Lipinski definition) is 8. The molecule has 2 heterocycles. The van der Waals surface area contributed by atoms with Gasteiger partial charge < -0.3 is 19.6 Å². The topological polar surface area (TPSA) is 107 Å². The second-order valence-corrected chi connectivity index (χ2v) is 9.00. The molecule has 1 aromatic heterocycles. The molecule has 1 unspecified atom stereocenters. The molecule has 0 aliphatic carbocycles. The number of H-pyrrole nitrogens is 1. The second-order valence-electron chi connectivity index (χ2n) is 9.00. The number of anilines is 1. The number of aliphatic hydroxyl groups excluding tert-OH is 1. The number of carbonyl (C=O) groups excluding carboxylic acids is 1. The van der Waals surface area contributed by atoms with Gasteiger partial charge in [-0.1, -0.05) is 63.1 Å². The number of likely N-dealkylation sites (N-methyl/N-ethyl adjacent to an activating group) is 1. The molecule has 0 radical (unpaired) electrons. The first-order valence-corrected chi connectivity index (χ1v) is 12.4. The molecule has 36 heavy (non-hydrogen) atoms. The quantitative estimate of drug-likeness (QED) is 0.404. The number of benzene rings is 2. The number of carbonyl (C=O) groups is 1. The molecule has 0 fully saturated rings. The Balaban J connectivity index is 1.82. The molecule has 190 valence electrons. The lowest BCUT2D eigenvalue weighted by Crippen LogP contribution is -2.54. The molecule has 0 amide bonds. The predicted octanol–water partition coefficient (Wildman–Crippen LogP) is 4.35. The van der Waals surface area contributed by atoms with Crippen molar-refractivity contribution < 1.29 is 14.6 Å². The van der Waals surface area contributed by atoms with Crippen LogP contribution < -0.4 is 4.90 Å². The molecule has 1 aliphatic heterocycles. The lowest BCUT2D eigenvalue weighted by atomic mass is 9.93. The first-order chi connectivity index (χ1) is 17.5. The average molecular weight is 491 g/mol. The number of hydrogen-bond donors (Lipinski definition) is 2. The minimum Gasteiger partial charge on any atom is -0.464 e. The third-order valence-corrected chi connectivity index (χ3v) is 7.00. The minimum absolute atomic E-state index is 0.245. The number of nitrogens with zero attached hydrogens (tertiary/aromatic N) is 5. The number of ether oxygens (including phenoxy) is 1. The van der Waals surface area contributed by atoms with Gasteiger partial charge in [-0.15, -0.1) is 10.2 Å². The number of unbranched alkanes of at least 4 members (excludes halogenated alkanes) is 1. The zero-order chi connectivity index (χ0) is 25.7. The van der Waals surface area contributed by atoms with Crippen molar-refractivity contribution in [3.05, 3.63) is 59.9 Å². The molecule has 0 bridgehead atoms. The molecule has 2 N–H and O–H groups in total. The number of aliphatic hydroxyl groups is 1. The highest BCUT2D eigenvalue weighted by Gasteiger charge is 2.51. The molecule has 9 nitrogen and oxygen atoms in total. The van der Waals surface area contributed by atoms with Crippen molar-refractivity contribution in [1.82, 2.24) is 25.5 Å². The number of esters is 1. The Morgan fingerprint density at radius 1 is 1.06 bits per heavy atom. The first kappa shape index (κ1) is 25.4. The first-order valence-electron chi connectivity index (χ1n) is 12.4. The summed E-state index contributed by atoms with van der Waals surface area (Å²) in [6.07, 6.45) is 4.62. The summed E-state index contributed by atoms with van der Waals surface area (Å²) in [5, 5.41) is 24.8. The summed E-state index contributed by atoms with van der Waals surface area (Å²) in [7, 11) is 3.35. The third-order valence-electron chi connectivity index (χ3n) is 7.00. The van der Waals surface area contributed by atoms with Crippen molar-refractivity contribution >= 4 is 11.7 Å². The lowest BCUT2D eigenvalue weighted by molar-refractivity contribution is -0.136. The summed E-state index contributed by atoms with van der Waals surface area (Å²) < 4.78 is 5.19. The average Bonchev–Trinajstić information content (AvgIpc) is 3.53. The van der Waals surface area contributed by atoms with Gasteiger partial charge in [-0.05, 0) is 47.7 Å². The van der Waals surface area contributed by atoms with Gasteiger partial charge in [0.2, 0.25) is 5.82 Å². The maximum Gasteiger partial charge on any atom is 0.356 e. The Morgan fingerprint density at radius 3 is 2.36 bits per heavy atom. The fourth-order valence-electron chi connectivity index (χ4n) is 5.29. The van der Waals surface area contributed by atoms with Crippen LogP contribution in [0.4, 0.5) is 5.69 Å². The Hall–Kier alpha value is -3.72. The highest BCUT2D eigenvalue weighted by molar-refractivity contribution is 5.95. The van der Waals surface area contributed by atoms with Crippen LogP contribution in [0.1, 0.15) is 46.0 Å². The number of nitrogens with one attached hydrogen (secondary N) is 1. The Morgan fingerprint density at radius 2 is 1.78 bits per heavy atom. The maximum atomic E-state index is 13.1. The fourth-order valence-corrected chi connectivity index (χ4v) is 5.29. The summed E-state index contributed by atoms with van der Waals surface area (Å²) in [6.45, 7) is 4.06. The van der Waals surface area contributed by atoms with Crippen molar-refractivity contribution in [2.75, 3.05) is 25.7 Å². The van der Waals surface area contributed by atoms with Crippen LogP contribution in [0.15, 0.2) is 59.9 Å². The highest BCUT2D eigenvalue weighted by atomic mass is 16.5. The van der Waals surface area contributed by atoms with Crippen molar-refractivity contribution in [3.8, 4) is 22.5 Å². The van der Waals surface area contributed by atoms with Gasteiger partial charge >= 0.3 is 5.97 Å². The van der Waals surface area contributed by atoms with E-state index in [0.29, 0.717) is 17.2 Å². The number of aromatic nitrogens is 4. The number of methoxy groups -OCH3 is 1. The number of rotatable bonds is 10. The van der Waals surface area contributed by atoms with E-state index in [1.165, 1.54) is 7.11 Å². The fraction of sp³-hybridized carbons (Fsp3) is 0.407. The molecule has 0 spiro atoms. The summed E-state index contributed by atoms with van der Waals surface area (Å²) in [5.41, 5.74) is 4.22. The number of aromatic amines is 1. The van der Waals surface area contributed by atoms with Gasteiger partial charge in [-0.2, -0.15) is 5.21 Å². The molecule has 1 aliphatic rings. The smallest absolute Gasteiger partial charge is 0.356 e. The van der Waals surface area contributed by atoms with Gasteiger partial charge in [0.05, 0.1) is 19.4 Å². The van der Waals surface area contributed by atoms with E-state index < -0.39 is 11.6 Å². The zero-order valence-electron chi connectivity index (χ0n) is 21.4. The van der Waals surface area contributed by atoms with E-state index in [0.717, 1.165) is 54.5 Å². The van der Waals surface area contributed by atoms with Crippen LogP contribution in [0, 0.1) is 0 Å². The highest BCUT2D eigenvalue weighted by Crippen LogP contribution is 2.46. The molecular formula is C27H34N6O3. The van der Waals surface area contributed by atoms with Crippen molar-refractivity contribution in [3.63, 3.8) is 0 Å². The largest absolute Gasteiger partial charge is 0.464 e. The van der Waals surface area contributed by atoms with E-state index in [9.17, 15) is 9.90 Å². The van der Waals surface area contributed by atoms with Crippen molar-refractivity contribution in [2.45, 2.75) is 51.6 Å². The van der Waals surface area contributed by atoms with E-state index in [1.54, 1.807) is 0 Å². The summed E-state index contributed by atoms with van der Waals surface area (Å²) in [5.74, 6) is 0.0766. The third kappa shape index (κ3) is 4.35. The van der Waals surface area contributed by atoms with Crippen LogP contribution in [0.2, 0.25) is 0 Å². The predicted molar refractivity (Wildman–Crippen MR) is 139 cm³/mol. The summed E-state index contributed by atoms with van der Waals surface area (Å²) >= 11 is 0. The molecule has 2 aromatic carbocycles. The van der Waals surface area contributed by atoms with Gasteiger partial charge in [0.25, 0.3) is 0 Å². The minimum atomic E-state index is -0.476. The van der Waals surface area contributed by atoms with Gasteiger partial charge in [0.1, 0.15) is 5.66 Å². The maximum absolute atomic E-state index is 13.1. The van der Waals surface area contributed by atoms with Gasteiger partial charge in [-0.25, -0.2) is 4.79 Å². The monoisotopic (exact) mass is 490 g/mol. The van der Waals surface area contributed by atoms with E-state index in [4.69, 9.17) is 4.74 Å². The van der Waals surface area contributed by atoms with E-state index >= 15 is 0 Å². The molecule has 0 saturated carbocycles.